The molecule has 1 aromatic carbocycles. The Morgan fingerprint density at radius 1 is 1.20 bits per heavy atom. The number of amides is 1. The molecule has 0 saturated carbocycles. The van der Waals surface area contributed by atoms with Crippen molar-refractivity contribution in [1.82, 2.24) is 10.2 Å². The van der Waals surface area contributed by atoms with Crippen LogP contribution in [0.3, 0.4) is 0 Å². The van der Waals surface area contributed by atoms with Crippen molar-refractivity contribution in [1.29, 1.82) is 0 Å². The van der Waals surface area contributed by atoms with Gasteiger partial charge in [-0.25, -0.2) is 0 Å². The highest BCUT2D eigenvalue weighted by Gasteiger charge is 2.20. The minimum atomic E-state index is 0.175. The van der Waals surface area contributed by atoms with E-state index in [9.17, 15) is 4.79 Å². The van der Waals surface area contributed by atoms with E-state index in [-0.39, 0.29) is 5.91 Å². The normalized spacial score (nSPS) is 16.1. The lowest BCUT2D eigenvalue weighted by molar-refractivity contribution is 0.0727. The van der Waals surface area contributed by atoms with Gasteiger partial charge in [0.25, 0.3) is 5.91 Å². The first-order chi connectivity index (χ1) is 9.74. The van der Waals surface area contributed by atoms with Gasteiger partial charge in [0.2, 0.25) is 0 Å². The summed E-state index contributed by atoms with van der Waals surface area (Å²) in [5.74, 6) is 0.823. The molecule has 1 fully saturated rings. The third-order valence-corrected chi connectivity index (χ3v) is 4.22. The van der Waals surface area contributed by atoms with E-state index in [0.29, 0.717) is 5.92 Å². The lowest BCUT2D eigenvalue weighted by Gasteiger charge is -2.29. The van der Waals surface area contributed by atoms with E-state index in [2.05, 4.69) is 31.3 Å². The number of nitrogens with one attached hydrogen (secondary N) is 1. The average molecular weight is 274 g/mol. The number of aryl methyl sites for hydroxylation is 1. The summed E-state index contributed by atoms with van der Waals surface area (Å²) in [5, 5.41) is 3.38. The summed E-state index contributed by atoms with van der Waals surface area (Å²) in [5.41, 5.74) is 2.10. The molecular weight excluding hydrogens is 248 g/mol. The van der Waals surface area contributed by atoms with Crippen LogP contribution in [0.1, 0.15) is 42.6 Å². The number of hydrogen-bond donors (Lipinski definition) is 1. The van der Waals surface area contributed by atoms with Gasteiger partial charge in [0.1, 0.15) is 0 Å². The number of piperidine rings is 1. The monoisotopic (exact) mass is 274 g/mol. The topological polar surface area (TPSA) is 32.3 Å². The van der Waals surface area contributed by atoms with Gasteiger partial charge in [0.15, 0.2) is 0 Å². The van der Waals surface area contributed by atoms with Crippen LogP contribution in [0, 0.1) is 5.92 Å². The Morgan fingerprint density at radius 2 is 1.85 bits per heavy atom. The van der Waals surface area contributed by atoms with Gasteiger partial charge >= 0.3 is 0 Å². The van der Waals surface area contributed by atoms with E-state index in [0.717, 1.165) is 38.2 Å². The second-order valence-corrected chi connectivity index (χ2v) is 5.59. The van der Waals surface area contributed by atoms with Crippen molar-refractivity contribution in [3.8, 4) is 0 Å². The zero-order valence-electron chi connectivity index (χ0n) is 12.7. The van der Waals surface area contributed by atoms with Gasteiger partial charge in [-0.15, -0.1) is 0 Å². The molecule has 3 nitrogen and oxygen atoms in total. The molecule has 1 aromatic rings. The van der Waals surface area contributed by atoms with Gasteiger partial charge in [-0.05, 0) is 62.9 Å². The fourth-order valence-corrected chi connectivity index (χ4v) is 2.80. The van der Waals surface area contributed by atoms with Gasteiger partial charge in [0, 0.05) is 18.7 Å². The SMILES string of the molecule is CCc1ccc(C(=O)N(CC)CC2CCNCC2)cc1. The summed E-state index contributed by atoms with van der Waals surface area (Å²) in [6.45, 7) is 8.06. The second-order valence-electron chi connectivity index (χ2n) is 5.59. The Kier molecular flexibility index (Phi) is 5.60. The molecule has 20 heavy (non-hydrogen) atoms. The zero-order chi connectivity index (χ0) is 14.4. The Bertz CT molecular complexity index is 421. The van der Waals surface area contributed by atoms with Crippen LogP contribution in [-0.4, -0.2) is 37.0 Å². The minimum absolute atomic E-state index is 0.175. The van der Waals surface area contributed by atoms with Crippen molar-refractivity contribution in [2.75, 3.05) is 26.2 Å². The maximum absolute atomic E-state index is 12.6. The minimum Gasteiger partial charge on any atom is -0.339 e. The quantitative estimate of drug-likeness (QED) is 0.895. The van der Waals surface area contributed by atoms with Crippen LogP contribution in [0.5, 0.6) is 0 Å². The molecule has 0 unspecified atom stereocenters. The maximum atomic E-state index is 12.6. The molecule has 0 radical (unpaired) electrons. The summed E-state index contributed by atoms with van der Waals surface area (Å²) in [7, 11) is 0. The summed E-state index contributed by atoms with van der Waals surface area (Å²) in [6, 6.07) is 8.05. The third-order valence-electron chi connectivity index (χ3n) is 4.22. The third kappa shape index (κ3) is 3.83. The molecule has 110 valence electrons. The van der Waals surface area contributed by atoms with Crippen LogP contribution in [0.15, 0.2) is 24.3 Å². The fourth-order valence-electron chi connectivity index (χ4n) is 2.80. The first-order valence-electron chi connectivity index (χ1n) is 7.83. The maximum Gasteiger partial charge on any atom is 0.253 e. The van der Waals surface area contributed by atoms with E-state index in [4.69, 9.17) is 0 Å². The molecule has 1 saturated heterocycles. The number of carbonyl (C=O) groups excluding carboxylic acids is 1. The number of rotatable bonds is 5. The molecule has 0 aromatic heterocycles. The lowest BCUT2D eigenvalue weighted by atomic mass is 9.97. The van der Waals surface area contributed by atoms with Crippen molar-refractivity contribution in [2.45, 2.75) is 33.1 Å². The summed E-state index contributed by atoms with van der Waals surface area (Å²) in [6.07, 6.45) is 3.37. The van der Waals surface area contributed by atoms with Gasteiger partial charge in [-0.2, -0.15) is 0 Å². The number of carbonyl (C=O) groups is 1. The molecule has 1 heterocycles. The Hall–Kier alpha value is -1.35. The lowest BCUT2D eigenvalue weighted by Crippen LogP contribution is -2.39. The molecule has 1 aliphatic rings. The highest BCUT2D eigenvalue weighted by molar-refractivity contribution is 5.94. The molecule has 0 bridgehead atoms. The molecule has 1 N–H and O–H groups in total. The standard InChI is InChI=1S/C17H26N2O/c1-3-14-5-7-16(8-6-14)17(20)19(4-2)13-15-9-11-18-12-10-15/h5-8,15,18H,3-4,9-13H2,1-2H3. The van der Waals surface area contributed by atoms with Crippen molar-refractivity contribution in [2.24, 2.45) is 5.92 Å². The number of hydrogen-bond acceptors (Lipinski definition) is 2. The molecular formula is C17H26N2O. The Morgan fingerprint density at radius 3 is 2.40 bits per heavy atom. The van der Waals surface area contributed by atoms with Crippen LogP contribution in [0.4, 0.5) is 0 Å². The number of benzene rings is 1. The van der Waals surface area contributed by atoms with Crippen molar-refractivity contribution >= 4 is 5.91 Å². The van der Waals surface area contributed by atoms with Gasteiger partial charge in [-0.3, -0.25) is 4.79 Å². The predicted octanol–water partition coefficient (Wildman–Crippen LogP) is 2.71. The molecule has 0 atom stereocenters. The molecule has 0 spiro atoms. The average Bonchev–Trinajstić information content (AvgIpc) is 2.53. The van der Waals surface area contributed by atoms with Crippen molar-refractivity contribution in [3.05, 3.63) is 35.4 Å². The summed E-state index contributed by atoms with van der Waals surface area (Å²) in [4.78, 5) is 14.6. The predicted molar refractivity (Wildman–Crippen MR) is 83.0 cm³/mol. The van der Waals surface area contributed by atoms with Crippen LogP contribution < -0.4 is 5.32 Å². The Labute approximate surface area is 122 Å². The van der Waals surface area contributed by atoms with Crippen molar-refractivity contribution < 1.29 is 4.79 Å². The van der Waals surface area contributed by atoms with E-state index in [1.54, 1.807) is 0 Å². The molecule has 1 aliphatic heterocycles. The fraction of sp³-hybridized carbons (Fsp3) is 0.588. The molecule has 0 aliphatic carbocycles. The highest BCUT2D eigenvalue weighted by Crippen LogP contribution is 2.16. The van der Waals surface area contributed by atoms with Crippen LogP contribution in [0.25, 0.3) is 0 Å². The smallest absolute Gasteiger partial charge is 0.253 e. The summed E-state index contributed by atoms with van der Waals surface area (Å²) >= 11 is 0. The zero-order valence-corrected chi connectivity index (χ0v) is 12.7. The second kappa shape index (κ2) is 7.44. The van der Waals surface area contributed by atoms with E-state index >= 15 is 0 Å². The number of nitrogens with zero attached hydrogens (tertiary/aromatic N) is 1. The van der Waals surface area contributed by atoms with Gasteiger partial charge in [0.05, 0.1) is 0 Å². The van der Waals surface area contributed by atoms with Crippen LogP contribution in [0.2, 0.25) is 0 Å². The molecule has 3 heteroatoms. The van der Waals surface area contributed by atoms with Gasteiger partial charge in [-0.1, -0.05) is 19.1 Å². The summed E-state index contributed by atoms with van der Waals surface area (Å²) < 4.78 is 0. The Balaban J connectivity index is 1.99. The first kappa shape index (κ1) is 15.0. The van der Waals surface area contributed by atoms with E-state index in [1.165, 1.54) is 18.4 Å². The molecule has 1 amide bonds. The molecule has 2 rings (SSSR count). The first-order valence-corrected chi connectivity index (χ1v) is 7.83. The van der Waals surface area contributed by atoms with Crippen LogP contribution in [-0.2, 0) is 6.42 Å². The van der Waals surface area contributed by atoms with Gasteiger partial charge < -0.3 is 10.2 Å². The largest absolute Gasteiger partial charge is 0.339 e. The highest BCUT2D eigenvalue weighted by atomic mass is 16.2. The van der Waals surface area contributed by atoms with E-state index in [1.807, 2.05) is 17.0 Å². The van der Waals surface area contributed by atoms with Crippen LogP contribution >= 0.6 is 0 Å². The van der Waals surface area contributed by atoms with E-state index < -0.39 is 0 Å². The van der Waals surface area contributed by atoms with Crippen molar-refractivity contribution in [3.63, 3.8) is 0 Å².